The van der Waals surface area contributed by atoms with Gasteiger partial charge in [0.1, 0.15) is 11.4 Å². The maximum atomic E-state index is 13.9. The van der Waals surface area contributed by atoms with Crippen LogP contribution in [-0.4, -0.2) is 28.4 Å². The van der Waals surface area contributed by atoms with Crippen LogP contribution in [0.1, 0.15) is 73.0 Å². The molecule has 1 aromatic carbocycles. The number of carbonyl (C=O) groups excluding carboxylic acids is 1. The smallest absolute Gasteiger partial charge is 0.363 e. The van der Waals surface area contributed by atoms with E-state index in [1.54, 1.807) is 0 Å². The average molecular weight is 459 g/mol. The maximum absolute atomic E-state index is 13.9. The number of anilines is 1. The molecule has 1 aromatic heterocycles. The van der Waals surface area contributed by atoms with Crippen LogP contribution >= 0.6 is 0 Å². The summed E-state index contributed by atoms with van der Waals surface area (Å²) in [5, 5.41) is 10.3. The van der Waals surface area contributed by atoms with Gasteiger partial charge in [0.2, 0.25) is 0 Å². The number of amides is 1. The quantitative estimate of drug-likeness (QED) is 0.637. The van der Waals surface area contributed by atoms with Crippen LogP contribution in [0.5, 0.6) is 0 Å². The van der Waals surface area contributed by atoms with Crippen molar-refractivity contribution in [2.75, 3.05) is 11.9 Å². The highest BCUT2D eigenvalue weighted by molar-refractivity contribution is 5.99. The monoisotopic (exact) mass is 458 g/mol. The van der Waals surface area contributed by atoms with Gasteiger partial charge >= 0.3 is 6.18 Å². The minimum absolute atomic E-state index is 0.153. The van der Waals surface area contributed by atoms with Gasteiger partial charge in [0, 0.05) is 13.0 Å². The third-order valence-electron chi connectivity index (χ3n) is 8.47. The molecule has 2 heterocycles. The molecule has 4 saturated carbocycles. The number of benzene rings is 1. The number of aromatic nitrogens is 2. The molecule has 2 aromatic rings. The van der Waals surface area contributed by atoms with E-state index in [1.165, 1.54) is 25.5 Å². The summed E-state index contributed by atoms with van der Waals surface area (Å²) < 4.78 is 42.6. The molecule has 0 radical (unpaired) electrons. The number of rotatable bonds is 4. The van der Waals surface area contributed by atoms with Gasteiger partial charge in [0.05, 0.1) is 12.2 Å². The second-order valence-corrected chi connectivity index (χ2v) is 10.9. The standard InChI is InChI=1S/C25H29F3N4O/c26-25(27,28)21-9-20(18-4-2-1-3-5-18)31-22-19(13-30-32(21)22)23(33)29-14-24-10-15-6-16(11-24)8-17(7-15)12-24/h1-5,13,15-17,20-21,31H,6-12,14H2,(H,29,33). The van der Waals surface area contributed by atoms with E-state index in [0.717, 1.165) is 47.3 Å². The molecule has 2 unspecified atom stereocenters. The Morgan fingerprint density at radius 1 is 1.06 bits per heavy atom. The van der Waals surface area contributed by atoms with Crippen LogP contribution in [0.4, 0.5) is 19.0 Å². The summed E-state index contributed by atoms with van der Waals surface area (Å²) in [5.74, 6) is 2.14. The van der Waals surface area contributed by atoms with Crippen LogP contribution in [0.15, 0.2) is 36.5 Å². The predicted octanol–water partition coefficient (Wildman–Crippen LogP) is 5.49. The first-order valence-corrected chi connectivity index (χ1v) is 12.0. The molecule has 176 valence electrons. The van der Waals surface area contributed by atoms with Crippen molar-refractivity contribution in [3.05, 3.63) is 47.7 Å². The first-order chi connectivity index (χ1) is 15.8. The molecule has 4 bridgehead atoms. The third kappa shape index (κ3) is 3.71. The topological polar surface area (TPSA) is 59.0 Å². The second-order valence-electron chi connectivity index (χ2n) is 10.9. The van der Waals surface area contributed by atoms with Gasteiger partial charge in [-0.3, -0.25) is 4.79 Å². The van der Waals surface area contributed by atoms with Crippen molar-refractivity contribution in [3.8, 4) is 0 Å². The normalized spacial score (nSPS) is 34.6. The van der Waals surface area contributed by atoms with E-state index >= 15 is 0 Å². The largest absolute Gasteiger partial charge is 0.410 e. The van der Waals surface area contributed by atoms with Gasteiger partial charge in [-0.1, -0.05) is 30.3 Å². The number of alkyl halides is 3. The molecule has 0 saturated heterocycles. The van der Waals surface area contributed by atoms with Crippen LogP contribution in [-0.2, 0) is 0 Å². The van der Waals surface area contributed by atoms with Crippen LogP contribution in [0.2, 0.25) is 0 Å². The molecule has 7 rings (SSSR count). The Bertz CT molecular complexity index is 1010. The molecule has 0 spiro atoms. The SMILES string of the molecule is O=C(NCC12CC3CC(CC(C3)C1)C2)c1cnn2c1NC(c1ccccc1)CC2C(F)(F)F. The lowest BCUT2D eigenvalue weighted by molar-refractivity contribution is -0.173. The van der Waals surface area contributed by atoms with Crippen LogP contribution < -0.4 is 10.6 Å². The zero-order valence-electron chi connectivity index (χ0n) is 18.4. The summed E-state index contributed by atoms with van der Waals surface area (Å²) in [4.78, 5) is 13.2. The van der Waals surface area contributed by atoms with Gasteiger partial charge in [0.25, 0.3) is 5.91 Å². The van der Waals surface area contributed by atoms with Crippen molar-refractivity contribution < 1.29 is 18.0 Å². The zero-order chi connectivity index (χ0) is 22.8. The molecule has 4 fully saturated rings. The van der Waals surface area contributed by atoms with Crippen LogP contribution in [0, 0.1) is 23.2 Å². The minimum Gasteiger partial charge on any atom is -0.363 e. The fourth-order valence-electron chi connectivity index (χ4n) is 7.50. The summed E-state index contributed by atoms with van der Waals surface area (Å²) in [5.41, 5.74) is 1.11. The number of carbonyl (C=O) groups is 1. The summed E-state index contributed by atoms with van der Waals surface area (Å²) in [6, 6.07) is 6.75. The Morgan fingerprint density at radius 2 is 1.70 bits per heavy atom. The third-order valence-corrected chi connectivity index (χ3v) is 8.47. The highest BCUT2D eigenvalue weighted by atomic mass is 19.4. The summed E-state index contributed by atoms with van der Waals surface area (Å²) in [6.07, 6.45) is 4.12. The van der Waals surface area contributed by atoms with Crippen molar-refractivity contribution in [1.29, 1.82) is 0 Å². The van der Waals surface area contributed by atoms with Crippen molar-refractivity contribution in [2.24, 2.45) is 23.2 Å². The molecule has 8 heteroatoms. The summed E-state index contributed by atoms with van der Waals surface area (Å²) in [7, 11) is 0. The number of hydrogen-bond acceptors (Lipinski definition) is 3. The van der Waals surface area contributed by atoms with E-state index in [-0.39, 0.29) is 29.1 Å². The number of nitrogens with zero attached hydrogens (tertiary/aromatic N) is 2. The molecular weight excluding hydrogens is 429 g/mol. The molecule has 1 aliphatic heterocycles. The highest BCUT2D eigenvalue weighted by Crippen LogP contribution is 2.59. The minimum atomic E-state index is -4.46. The molecular formula is C25H29F3N4O. The fourth-order valence-corrected chi connectivity index (χ4v) is 7.50. The van der Waals surface area contributed by atoms with E-state index in [0.29, 0.717) is 6.54 Å². The first kappa shape index (κ1) is 21.1. The van der Waals surface area contributed by atoms with Crippen LogP contribution in [0.25, 0.3) is 0 Å². The number of halogens is 3. The average Bonchev–Trinajstić information content (AvgIpc) is 3.20. The lowest BCUT2D eigenvalue weighted by atomic mass is 9.49. The maximum Gasteiger partial charge on any atom is 0.410 e. The van der Waals surface area contributed by atoms with Gasteiger partial charge in [-0.2, -0.15) is 18.3 Å². The van der Waals surface area contributed by atoms with Crippen molar-refractivity contribution >= 4 is 11.7 Å². The van der Waals surface area contributed by atoms with Gasteiger partial charge in [0.15, 0.2) is 6.04 Å². The Morgan fingerprint density at radius 3 is 2.30 bits per heavy atom. The summed E-state index contributed by atoms with van der Waals surface area (Å²) >= 11 is 0. The zero-order valence-corrected chi connectivity index (χ0v) is 18.4. The van der Waals surface area contributed by atoms with Crippen molar-refractivity contribution in [1.82, 2.24) is 15.1 Å². The van der Waals surface area contributed by atoms with Gasteiger partial charge < -0.3 is 10.6 Å². The van der Waals surface area contributed by atoms with Crippen molar-refractivity contribution in [3.63, 3.8) is 0 Å². The number of fused-ring (bicyclic) bond motifs is 1. The lowest BCUT2D eigenvalue weighted by Gasteiger charge is -2.56. The molecule has 5 aliphatic rings. The number of hydrogen-bond donors (Lipinski definition) is 2. The molecule has 2 atom stereocenters. The van der Waals surface area contributed by atoms with Crippen molar-refractivity contribution in [2.45, 2.75) is 63.2 Å². The van der Waals surface area contributed by atoms with E-state index in [4.69, 9.17) is 0 Å². The Hall–Kier alpha value is -2.51. The molecule has 2 N–H and O–H groups in total. The van der Waals surface area contributed by atoms with E-state index in [1.807, 2.05) is 30.3 Å². The Labute approximate surface area is 191 Å². The van der Waals surface area contributed by atoms with Gasteiger partial charge in [-0.05, 0) is 67.3 Å². The second kappa shape index (κ2) is 7.50. The van der Waals surface area contributed by atoms with Gasteiger partial charge in [-0.25, -0.2) is 4.68 Å². The number of nitrogens with one attached hydrogen (secondary N) is 2. The lowest BCUT2D eigenvalue weighted by Crippen LogP contribution is -2.51. The Balaban J connectivity index is 1.24. The predicted molar refractivity (Wildman–Crippen MR) is 118 cm³/mol. The molecule has 1 amide bonds. The van der Waals surface area contributed by atoms with E-state index in [9.17, 15) is 18.0 Å². The molecule has 4 aliphatic carbocycles. The molecule has 5 nitrogen and oxygen atoms in total. The highest BCUT2D eigenvalue weighted by Gasteiger charge is 2.51. The first-order valence-electron chi connectivity index (χ1n) is 12.0. The summed E-state index contributed by atoms with van der Waals surface area (Å²) in [6.45, 7) is 0.602. The van der Waals surface area contributed by atoms with Crippen LogP contribution in [0.3, 0.4) is 0 Å². The fraction of sp³-hybridized carbons (Fsp3) is 0.600. The van der Waals surface area contributed by atoms with E-state index in [2.05, 4.69) is 15.7 Å². The van der Waals surface area contributed by atoms with E-state index < -0.39 is 18.3 Å². The molecule has 33 heavy (non-hydrogen) atoms. The Kier molecular flexibility index (Phi) is 4.79. The van der Waals surface area contributed by atoms with Gasteiger partial charge in [-0.15, -0.1) is 0 Å².